The molecule has 0 aliphatic heterocycles. The van der Waals surface area contributed by atoms with E-state index in [4.69, 9.17) is 5.26 Å². The minimum absolute atomic E-state index is 0.0360. The van der Waals surface area contributed by atoms with Crippen molar-refractivity contribution >= 4 is 5.91 Å². The maximum absolute atomic E-state index is 11.9. The van der Waals surface area contributed by atoms with Gasteiger partial charge in [-0.25, -0.2) is 0 Å². The van der Waals surface area contributed by atoms with Gasteiger partial charge in [-0.1, -0.05) is 0 Å². The summed E-state index contributed by atoms with van der Waals surface area (Å²) in [5.41, 5.74) is 0.554. The lowest BCUT2D eigenvalue weighted by Crippen LogP contribution is -2.30. The molecular weight excluding hydrogens is 230 g/mol. The summed E-state index contributed by atoms with van der Waals surface area (Å²) in [6.07, 6.45) is 2.37. The Labute approximate surface area is 105 Å². The Bertz CT molecular complexity index is 565. The fourth-order valence-electron chi connectivity index (χ4n) is 1.77. The molecule has 0 bridgehead atoms. The molecule has 1 N–H and O–H groups in total. The Hall–Kier alpha value is -2.09. The van der Waals surface area contributed by atoms with Crippen LogP contribution in [0.15, 0.2) is 16.9 Å². The van der Waals surface area contributed by atoms with E-state index >= 15 is 0 Å². The Morgan fingerprint density at radius 3 is 2.89 bits per heavy atom. The van der Waals surface area contributed by atoms with Crippen molar-refractivity contribution in [3.8, 4) is 6.07 Å². The quantitative estimate of drug-likeness (QED) is 0.848. The third-order valence-electron chi connectivity index (χ3n) is 3.02. The van der Waals surface area contributed by atoms with Crippen molar-refractivity contribution in [2.24, 2.45) is 0 Å². The molecule has 0 unspecified atom stereocenters. The second-order valence-corrected chi connectivity index (χ2v) is 4.55. The van der Waals surface area contributed by atoms with Gasteiger partial charge in [0.25, 0.3) is 5.56 Å². The molecule has 1 aliphatic carbocycles. The van der Waals surface area contributed by atoms with Gasteiger partial charge >= 0.3 is 0 Å². The lowest BCUT2D eigenvalue weighted by atomic mass is 10.2. The van der Waals surface area contributed by atoms with E-state index in [2.05, 4.69) is 5.32 Å². The number of pyridine rings is 1. The Balaban J connectivity index is 2.06. The van der Waals surface area contributed by atoms with Crippen LogP contribution in [-0.2, 0) is 11.3 Å². The molecule has 2 rings (SSSR count). The number of nitriles is 1. The fourth-order valence-corrected chi connectivity index (χ4v) is 1.77. The van der Waals surface area contributed by atoms with E-state index in [-0.39, 0.29) is 23.5 Å². The Morgan fingerprint density at radius 2 is 2.28 bits per heavy atom. The SMILES string of the molecule is Cc1ccc(C#N)c(=O)n1CCC(=O)NC1CC1. The first kappa shape index (κ1) is 12.4. The number of hydrogen-bond acceptors (Lipinski definition) is 3. The van der Waals surface area contributed by atoms with Gasteiger partial charge in [0.2, 0.25) is 5.91 Å². The number of hydrogen-bond donors (Lipinski definition) is 1. The van der Waals surface area contributed by atoms with Gasteiger partial charge in [0.15, 0.2) is 0 Å². The van der Waals surface area contributed by atoms with Gasteiger partial charge < -0.3 is 9.88 Å². The number of carbonyl (C=O) groups is 1. The summed E-state index contributed by atoms with van der Waals surface area (Å²) in [7, 11) is 0. The van der Waals surface area contributed by atoms with Crippen molar-refractivity contribution in [2.75, 3.05) is 0 Å². The first-order valence-corrected chi connectivity index (χ1v) is 6.01. The summed E-state index contributed by atoms with van der Waals surface area (Å²) in [4.78, 5) is 23.4. The van der Waals surface area contributed by atoms with Crippen LogP contribution in [0.3, 0.4) is 0 Å². The minimum atomic E-state index is -0.322. The molecule has 1 saturated carbocycles. The predicted molar refractivity (Wildman–Crippen MR) is 65.9 cm³/mol. The molecule has 94 valence electrons. The highest BCUT2D eigenvalue weighted by molar-refractivity contribution is 5.76. The highest BCUT2D eigenvalue weighted by Crippen LogP contribution is 2.18. The van der Waals surface area contributed by atoms with Crippen molar-refractivity contribution in [1.82, 2.24) is 9.88 Å². The maximum atomic E-state index is 11.9. The lowest BCUT2D eigenvalue weighted by Gasteiger charge is -2.10. The molecule has 18 heavy (non-hydrogen) atoms. The molecule has 5 nitrogen and oxygen atoms in total. The molecule has 0 saturated heterocycles. The number of nitrogens with zero attached hydrogens (tertiary/aromatic N) is 2. The summed E-state index contributed by atoms with van der Waals surface area (Å²) in [6.45, 7) is 2.11. The predicted octanol–water partition coefficient (Wildman–Crippen LogP) is 0.697. The molecule has 5 heteroatoms. The van der Waals surface area contributed by atoms with Crippen LogP contribution in [0.25, 0.3) is 0 Å². The molecule has 1 fully saturated rings. The molecule has 1 aromatic heterocycles. The zero-order valence-electron chi connectivity index (χ0n) is 10.3. The lowest BCUT2D eigenvalue weighted by molar-refractivity contribution is -0.121. The second-order valence-electron chi connectivity index (χ2n) is 4.55. The Kier molecular flexibility index (Phi) is 3.47. The van der Waals surface area contributed by atoms with Crippen molar-refractivity contribution in [1.29, 1.82) is 5.26 Å². The molecule has 0 aromatic carbocycles. The van der Waals surface area contributed by atoms with Crippen LogP contribution < -0.4 is 10.9 Å². The number of aromatic nitrogens is 1. The number of aryl methyl sites for hydroxylation is 1. The van der Waals surface area contributed by atoms with Crippen molar-refractivity contribution in [2.45, 2.75) is 38.8 Å². The largest absolute Gasteiger partial charge is 0.353 e. The van der Waals surface area contributed by atoms with Gasteiger partial charge in [0.05, 0.1) is 0 Å². The van der Waals surface area contributed by atoms with E-state index in [1.807, 2.05) is 6.07 Å². The van der Waals surface area contributed by atoms with E-state index in [1.165, 1.54) is 10.6 Å². The zero-order chi connectivity index (χ0) is 13.1. The Morgan fingerprint density at radius 1 is 1.56 bits per heavy atom. The summed E-state index contributed by atoms with van der Waals surface area (Å²) in [5, 5.41) is 11.7. The second kappa shape index (κ2) is 5.05. The summed E-state index contributed by atoms with van der Waals surface area (Å²) in [6, 6.07) is 5.43. The molecule has 1 amide bonds. The van der Waals surface area contributed by atoms with Gasteiger partial charge in [0, 0.05) is 24.7 Å². The van der Waals surface area contributed by atoms with Crippen LogP contribution in [0.4, 0.5) is 0 Å². The summed E-state index contributed by atoms with van der Waals surface area (Å²) < 4.78 is 1.48. The van der Waals surface area contributed by atoms with Gasteiger partial charge in [-0.05, 0) is 31.9 Å². The fraction of sp³-hybridized carbons (Fsp3) is 0.462. The molecular formula is C13H15N3O2. The first-order valence-electron chi connectivity index (χ1n) is 6.01. The average Bonchev–Trinajstić information content (AvgIpc) is 3.13. The van der Waals surface area contributed by atoms with Crippen LogP contribution in [0, 0.1) is 18.3 Å². The molecule has 0 atom stereocenters. The van der Waals surface area contributed by atoms with Crippen molar-refractivity contribution in [3.63, 3.8) is 0 Å². The highest BCUT2D eigenvalue weighted by Gasteiger charge is 2.23. The summed E-state index contributed by atoms with van der Waals surface area (Å²) in [5.74, 6) is -0.0360. The number of amides is 1. The normalized spacial score (nSPS) is 14.0. The van der Waals surface area contributed by atoms with Crippen LogP contribution >= 0.6 is 0 Å². The third-order valence-corrected chi connectivity index (χ3v) is 3.02. The third kappa shape index (κ3) is 2.77. The maximum Gasteiger partial charge on any atom is 0.268 e. The molecule has 0 spiro atoms. The van der Waals surface area contributed by atoms with Crippen molar-refractivity contribution < 1.29 is 4.79 Å². The van der Waals surface area contributed by atoms with Gasteiger partial charge in [-0.3, -0.25) is 9.59 Å². The van der Waals surface area contributed by atoms with Crippen molar-refractivity contribution in [3.05, 3.63) is 33.7 Å². The molecule has 1 aromatic rings. The minimum Gasteiger partial charge on any atom is -0.353 e. The van der Waals surface area contributed by atoms with Gasteiger partial charge in [-0.15, -0.1) is 0 Å². The first-order chi connectivity index (χ1) is 8.61. The topological polar surface area (TPSA) is 74.9 Å². The van der Waals surface area contributed by atoms with Crippen LogP contribution in [0.1, 0.15) is 30.5 Å². The number of rotatable bonds is 4. The van der Waals surface area contributed by atoms with Crippen LogP contribution in [0.5, 0.6) is 0 Å². The van der Waals surface area contributed by atoms with E-state index in [0.29, 0.717) is 12.6 Å². The zero-order valence-corrected chi connectivity index (χ0v) is 10.3. The van der Waals surface area contributed by atoms with Crippen LogP contribution in [0.2, 0.25) is 0 Å². The molecule has 1 heterocycles. The number of nitrogens with one attached hydrogen (secondary N) is 1. The summed E-state index contributed by atoms with van der Waals surface area (Å²) >= 11 is 0. The van der Waals surface area contributed by atoms with E-state index in [9.17, 15) is 9.59 Å². The molecule has 0 radical (unpaired) electrons. The van der Waals surface area contributed by atoms with Gasteiger partial charge in [-0.2, -0.15) is 5.26 Å². The highest BCUT2D eigenvalue weighted by atomic mass is 16.2. The standard InChI is InChI=1S/C13H15N3O2/c1-9-2-3-10(8-14)13(18)16(9)7-6-12(17)15-11-4-5-11/h2-3,11H,4-7H2,1H3,(H,15,17). The number of carbonyl (C=O) groups excluding carboxylic acids is 1. The molecule has 1 aliphatic rings. The van der Waals surface area contributed by atoms with E-state index in [1.54, 1.807) is 13.0 Å². The van der Waals surface area contributed by atoms with Crippen LogP contribution in [-0.4, -0.2) is 16.5 Å². The monoisotopic (exact) mass is 245 g/mol. The van der Waals surface area contributed by atoms with E-state index in [0.717, 1.165) is 18.5 Å². The van der Waals surface area contributed by atoms with E-state index < -0.39 is 0 Å². The van der Waals surface area contributed by atoms with Gasteiger partial charge in [0.1, 0.15) is 11.6 Å². The smallest absolute Gasteiger partial charge is 0.268 e. The average molecular weight is 245 g/mol.